The maximum absolute atomic E-state index is 13.1. The zero-order chi connectivity index (χ0) is 22.4. The highest BCUT2D eigenvalue weighted by atomic mass is 35.7. The molecule has 160 valence electrons. The van der Waals surface area contributed by atoms with Crippen LogP contribution in [0.4, 0.5) is 10.1 Å². The first-order valence-corrected chi connectivity index (χ1v) is 11.5. The van der Waals surface area contributed by atoms with E-state index in [0.29, 0.717) is 5.69 Å². The van der Waals surface area contributed by atoms with Crippen molar-refractivity contribution in [1.29, 1.82) is 0 Å². The average Bonchev–Trinajstić information content (AvgIpc) is 2.74. The molecule has 0 unspecified atom stereocenters. The molecule has 0 heterocycles. The second kappa shape index (κ2) is 9.72. The Kier molecular flexibility index (Phi) is 7.04. The fourth-order valence-corrected chi connectivity index (χ4v) is 3.60. The Balaban J connectivity index is 1.78. The highest BCUT2D eigenvalue weighted by molar-refractivity contribution is 8.13. The van der Waals surface area contributed by atoms with E-state index in [-0.39, 0.29) is 16.9 Å². The van der Waals surface area contributed by atoms with Crippen LogP contribution in [0.1, 0.15) is 15.9 Å². The quantitative estimate of drug-likeness (QED) is 0.525. The number of carbonyl (C=O) groups is 2. The van der Waals surface area contributed by atoms with Gasteiger partial charge < -0.3 is 10.6 Å². The molecule has 9 heteroatoms. The summed E-state index contributed by atoms with van der Waals surface area (Å²) in [4.78, 5) is 25.4. The van der Waals surface area contributed by atoms with E-state index >= 15 is 0 Å². The smallest absolute Gasteiger partial charge is 0.261 e. The minimum Gasteiger partial charge on any atom is -0.340 e. The van der Waals surface area contributed by atoms with Gasteiger partial charge in [-0.3, -0.25) is 9.59 Å². The molecule has 1 atom stereocenters. The molecule has 2 amide bonds. The normalized spacial score (nSPS) is 12.1. The lowest BCUT2D eigenvalue weighted by Gasteiger charge is -2.19. The summed E-state index contributed by atoms with van der Waals surface area (Å²) < 4.78 is 35.9. The van der Waals surface area contributed by atoms with Crippen molar-refractivity contribution in [2.45, 2.75) is 17.4 Å². The second-order valence-corrected chi connectivity index (χ2v) is 9.24. The number of amides is 2. The fourth-order valence-electron chi connectivity index (χ4n) is 2.83. The van der Waals surface area contributed by atoms with Crippen molar-refractivity contribution in [3.63, 3.8) is 0 Å². The van der Waals surface area contributed by atoms with Gasteiger partial charge in [0.1, 0.15) is 11.9 Å². The molecule has 0 bridgehead atoms. The molecule has 0 saturated carbocycles. The molecule has 2 N–H and O–H groups in total. The molecule has 0 aromatic heterocycles. The lowest BCUT2D eigenvalue weighted by atomic mass is 10.0. The van der Waals surface area contributed by atoms with Crippen molar-refractivity contribution in [2.75, 3.05) is 5.32 Å². The second-order valence-electron chi connectivity index (χ2n) is 6.67. The van der Waals surface area contributed by atoms with Gasteiger partial charge in [0.15, 0.2) is 0 Å². The fraction of sp³-hybridized carbons (Fsp3) is 0.0909. The summed E-state index contributed by atoms with van der Waals surface area (Å²) in [7, 11) is 1.42. The Morgan fingerprint density at radius 3 is 2.10 bits per heavy atom. The molecular formula is C22H18ClFN2O4S. The first-order valence-electron chi connectivity index (χ1n) is 9.18. The van der Waals surface area contributed by atoms with Crippen LogP contribution in [0.15, 0.2) is 83.8 Å². The van der Waals surface area contributed by atoms with E-state index in [9.17, 15) is 22.4 Å². The predicted octanol–water partition coefficient (Wildman–Crippen LogP) is 3.73. The summed E-state index contributed by atoms with van der Waals surface area (Å²) in [6.45, 7) is 0. The number of anilines is 1. The summed E-state index contributed by atoms with van der Waals surface area (Å²) in [5.74, 6) is -1.50. The molecule has 0 aliphatic rings. The van der Waals surface area contributed by atoms with Crippen LogP contribution in [0.3, 0.4) is 0 Å². The van der Waals surface area contributed by atoms with Crippen LogP contribution in [-0.4, -0.2) is 26.3 Å². The lowest BCUT2D eigenvalue weighted by Crippen LogP contribution is -2.45. The standard InChI is InChI=1S/C22H18ClFN2O4S/c23-31(29,30)19-12-10-18(11-13-19)25-22(28)20(14-15-4-2-1-3-5-15)26-21(27)16-6-8-17(24)9-7-16/h1-13,20H,14H2,(H,25,28)(H,26,27)/t20-/m0/s1. The minimum atomic E-state index is -3.88. The molecule has 0 radical (unpaired) electrons. The number of nitrogens with one attached hydrogen (secondary N) is 2. The maximum atomic E-state index is 13.1. The van der Waals surface area contributed by atoms with Crippen molar-refractivity contribution in [1.82, 2.24) is 5.32 Å². The van der Waals surface area contributed by atoms with E-state index in [2.05, 4.69) is 10.6 Å². The molecule has 3 rings (SSSR count). The third-order valence-corrected chi connectivity index (χ3v) is 5.78. The monoisotopic (exact) mass is 460 g/mol. The molecule has 6 nitrogen and oxygen atoms in total. The Morgan fingerprint density at radius 2 is 1.52 bits per heavy atom. The molecule has 31 heavy (non-hydrogen) atoms. The number of halogens is 2. The highest BCUT2D eigenvalue weighted by Gasteiger charge is 2.22. The van der Waals surface area contributed by atoms with Crippen LogP contribution < -0.4 is 10.6 Å². The van der Waals surface area contributed by atoms with Crippen LogP contribution in [0.5, 0.6) is 0 Å². The first-order chi connectivity index (χ1) is 14.7. The minimum absolute atomic E-state index is 0.0994. The summed E-state index contributed by atoms with van der Waals surface area (Å²) >= 11 is 0. The van der Waals surface area contributed by atoms with Gasteiger partial charge in [0.2, 0.25) is 5.91 Å². The van der Waals surface area contributed by atoms with Gasteiger partial charge in [-0.05, 0) is 54.1 Å². The maximum Gasteiger partial charge on any atom is 0.261 e. The Bertz CT molecular complexity index is 1170. The molecule has 3 aromatic rings. The van der Waals surface area contributed by atoms with Gasteiger partial charge in [0.25, 0.3) is 15.0 Å². The van der Waals surface area contributed by atoms with Gasteiger partial charge in [-0.1, -0.05) is 30.3 Å². The zero-order valence-corrected chi connectivity index (χ0v) is 17.7. The molecule has 0 spiro atoms. The summed E-state index contributed by atoms with van der Waals surface area (Å²) in [5, 5.41) is 5.32. The average molecular weight is 461 g/mol. The van der Waals surface area contributed by atoms with Gasteiger partial charge >= 0.3 is 0 Å². The summed E-state index contributed by atoms with van der Waals surface area (Å²) in [6, 6.07) is 18.5. The number of hydrogen-bond donors (Lipinski definition) is 2. The molecule has 0 saturated heterocycles. The molecular weight excluding hydrogens is 443 g/mol. The van der Waals surface area contributed by atoms with Gasteiger partial charge in [-0.2, -0.15) is 0 Å². The van der Waals surface area contributed by atoms with E-state index in [1.807, 2.05) is 30.3 Å². The Morgan fingerprint density at radius 1 is 0.903 bits per heavy atom. The molecule has 0 aliphatic heterocycles. The van der Waals surface area contributed by atoms with Gasteiger partial charge in [-0.15, -0.1) is 0 Å². The van der Waals surface area contributed by atoms with Crippen LogP contribution in [0, 0.1) is 5.82 Å². The Labute approximate surface area is 183 Å². The number of carbonyl (C=O) groups excluding carboxylic acids is 2. The van der Waals surface area contributed by atoms with Crippen LogP contribution in [-0.2, 0) is 20.3 Å². The largest absolute Gasteiger partial charge is 0.340 e. The third-order valence-electron chi connectivity index (χ3n) is 4.41. The van der Waals surface area contributed by atoms with Gasteiger partial charge in [-0.25, -0.2) is 12.8 Å². The van der Waals surface area contributed by atoms with E-state index in [4.69, 9.17) is 10.7 Å². The number of benzene rings is 3. The van der Waals surface area contributed by atoms with Crippen molar-refractivity contribution in [2.24, 2.45) is 0 Å². The molecule has 0 fully saturated rings. The van der Waals surface area contributed by atoms with Crippen molar-refractivity contribution in [3.8, 4) is 0 Å². The van der Waals surface area contributed by atoms with Crippen molar-refractivity contribution < 1.29 is 22.4 Å². The summed E-state index contributed by atoms with van der Waals surface area (Å²) in [6.07, 6.45) is 0.216. The van der Waals surface area contributed by atoms with E-state index in [0.717, 1.165) is 17.7 Å². The third kappa shape index (κ3) is 6.37. The van der Waals surface area contributed by atoms with Crippen molar-refractivity contribution in [3.05, 3.63) is 95.8 Å². The van der Waals surface area contributed by atoms with E-state index < -0.39 is 32.7 Å². The van der Waals surface area contributed by atoms with Gasteiger partial charge in [0.05, 0.1) is 4.90 Å². The lowest BCUT2D eigenvalue weighted by molar-refractivity contribution is -0.118. The van der Waals surface area contributed by atoms with Gasteiger partial charge in [0, 0.05) is 28.4 Å². The highest BCUT2D eigenvalue weighted by Crippen LogP contribution is 2.18. The molecule has 0 aliphatic carbocycles. The van der Waals surface area contributed by atoms with Crippen LogP contribution >= 0.6 is 10.7 Å². The van der Waals surface area contributed by atoms with E-state index in [1.54, 1.807) is 0 Å². The van der Waals surface area contributed by atoms with Crippen LogP contribution in [0.2, 0.25) is 0 Å². The number of rotatable bonds is 7. The number of hydrogen-bond acceptors (Lipinski definition) is 4. The van der Waals surface area contributed by atoms with Crippen molar-refractivity contribution >= 4 is 37.2 Å². The topological polar surface area (TPSA) is 92.3 Å². The first kappa shape index (κ1) is 22.5. The SMILES string of the molecule is O=C(N[C@@H](Cc1ccccc1)C(=O)Nc1ccc(S(=O)(=O)Cl)cc1)c1ccc(F)cc1. The molecule has 3 aromatic carbocycles. The summed E-state index contributed by atoms with van der Waals surface area (Å²) in [5.41, 5.74) is 1.37. The zero-order valence-electron chi connectivity index (χ0n) is 16.1. The Hall–Kier alpha value is -3.23. The predicted molar refractivity (Wildman–Crippen MR) is 116 cm³/mol. The van der Waals surface area contributed by atoms with E-state index in [1.165, 1.54) is 36.4 Å². The van der Waals surface area contributed by atoms with Crippen LogP contribution in [0.25, 0.3) is 0 Å².